The number of fused-ring (bicyclic) bond motifs is 1. The molecule has 2 aromatic heterocycles. The Kier molecular flexibility index (Phi) is 2.65. The Labute approximate surface area is 94.1 Å². The molecule has 0 N–H and O–H groups in total. The lowest BCUT2D eigenvalue weighted by molar-refractivity contribution is 0.663. The van der Waals surface area contributed by atoms with Crippen molar-refractivity contribution in [3.8, 4) is 0 Å². The van der Waals surface area contributed by atoms with Crippen LogP contribution in [0.15, 0.2) is 6.07 Å². The van der Waals surface area contributed by atoms with Gasteiger partial charge in [-0.15, -0.1) is 0 Å². The maximum Gasteiger partial charge on any atom is 0.159 e. The van der Waals surface area contributed by atoms with Crippen molar-refractivity contribution >= 4 is 22.6 Å². The van der Waals surface area contributed by atoms with Gasteiger partial charge in [-0.1, -0.05) is 18.5 Å². The number of nitrogens with zero attached hydrogens (tertiary/aromatic N) is 3. The van der Waals surface area contributed by atoms with Gasteiger partial charge in [-0.2, -0.15) is 5.10 Å². The van der Waals surface area contributed by atoms with E-state index in [2.05, 4.69) is 23.9 Å². The summed E-state index contributed by atoms with van der Waals surface area (Å²) >= 11 is 6.22. The summed E-state index contributed by atoms with van der Waals surface area (Å²) in [6.45, 7) is 6.91. The third-order valence-electron chi connectivity index (χ3n) is 2.49. The highest BCUT2D eigenvalue weighted by Gasteiger charge is 2.13. The van der Waals surface area contributed by atoms with Gasteiger partial charge in [0.1, 0.15) is 0 Å². The van der Waals surface area contributed by atoms with Gasteiger partial charge in [-0.05, 0) is 26.3 Å². The summed E-state index contributed by atoms with van der Waals surface area (Å²) in [7, 11) is 0. The van der Waals surface area contributed by atoms with E-state index in [0.29, 0.717) is 0 Å². The second-order valence-corrected chi connectivity index (χ2v) is 3.97. The fourth-order valence-corrected chi connectivity index (χ4v) is 2.13. The molecule has 0 aliphatic carbocycles. The monoisotopic (exact) mass is 223 g/mol. The van der Waals surface area contributed by atoms with Crippen molar-refractivity contribution in [2.24, 2.45) is 0 Å². The molecule has 0 aliphatic rings. The number of aromatic nitrogens is 3. The molecule has 2 aromatic rings. The van der Waals surface area contributed by atoms with Gasteiger partial charge in [0.05, 0.1) is 16.1 Å². The Hall–Kier alpha value is -1.09. The zero-order valence-corrected chi connectivity index (χ0v) is 9.97. The van der Waals surface area contributed by atoms with Gasteiger partial charge >= 0.3 is 0 Å². The van der Waals surface area contributed by atoms with Crippen LogP contribution in [0.2, 0.25) is 5.02 Å². The molecule has 0 aromatic carbocycles. The molecule has 0 bridgehead atoms. The highest BCUT2D eigenvalue weighted by atomic mass is 35.5. The molecule has 0 saturated carbocycles. The average Bonchev–Trinajstić information content (AvgIpc) is 2.55. The van der Waals surface area contributed by atoms with Gasteiger partial charge in [-0.25, -0.2) is 9.67 Å². The summed E-state index contributed by atoms with van der Waals surface area (Å²) in [6.07, 6.45) is 0.883. The number of halogens is 1. The highest BCUT2D eigenvalue weighted by molar-refractivity contribution is 6.35. The highest BCUT2D eigenvalue weighted by Crippen LogP contribution is 2.26. The van der Waals surface area contributed by atoms with Gasteiger partial charge in [0, 0.05) is 12.2 Å². The molecule has 0 unspecified atom stereocenters. The van der Waals surface area contributed by atoms with Gasteiger partial charge in [0.2, 0.25) is 0 Å². The normalized spacial score (nSPS) is 11.2. The van der Waals surface area contributed by atoms with E-state index in [1.807, 2.05) is 17.7 Å². The van der Waals surface area contributed by atoms with Crippen molar-refractivity contribution in [1.82, 2.24) is 14.8 Å². The van der Waals surface area contributed by atoms with Crippen LogP contribution in [0.25, 0.3) is 11.0 Å². The van der Waals surface area contributed by atoms with Crippen molar-refractivity contribution in [3.05, 3.63) is 22.5 Å². The summed E-state index contributed by atoms with van der Waals surface area (Å²) in [5, 5.41) is 6.26. The Bertz CT molecular complexity index is 502. The maximum absolute atomic E-state index is 6.22. The van der Waals surface area contributed by atoms with E-state index in [4.69, 9.17) is 11.6 Å². The standard InChI is InChI=1S/C11H14ClN3/c1-4-9-10-8(12)6-7(3)13-11(10)15(5-2)14-9/h6H,4-5H2,1-3H3. The largest absolute Gasteiger partial charge is 0.247 e. The summed E-state index contributed by atoms with van der Waals surface area (Å²) in [4.78, 5) is 4.49. The first-order chi connectivity index (χ1) is 7.17. The molecular formula is C11H14ClN3. The summed E-state index contributed by atoms with van der Waals surface area (Å²) in [6, 6.07) is 1.89. The van der Waals surface area contributed by atoms with Crippen molar-refractivity contribution in [3.63, 3.8) is 0 Å². The van der Waals surface area contributed by atoms with E-state index in [1.165, 1.54) is 0 Å². The summed E-state index contributed by atoms with van der Waals surface area (Å²) < 4.78 is 1.91. The minimum Gasteiger partial charge on any atom is -0.247 e. The first-order valence-corrected chi connectivity index (χ1v) is 5.57. The van der Waals surface area contributed by atoms with Crippen LogP contribution < -0.4 is 0 Å². The third-order valence-corrected chi connectivity index (χ3v) is 2.79. The Morgan fingerprint density at radius 1 is 1.40 bits per heavy atom. The molecule has 2 heterocycles. The second kappa shape index (κ2) is 3.81. The molecule has 15 heavy (non-hydrogen) atoms. The zero-order chi connectivity index (χ0) is 11.0. The zero-order valence-electron chi connectivity index (χ0n) is 9.21. The minimum atomic E-state index is 0.758. The first kappa shape index (κ1) is 10.4. The van der Waals surface area contributed by atoms with E-state index in [0.717, 1.165) is 40.4 Å². The van der Waals surface area contributed by atoms with Crippen molar-refractivity contribution < 1.29 is 0 Å². The SMILES string of the molecule is CCc1nn(CC)c2nc(C)cc(Cl)c12. The molecule has 0 fully saturated rings. The van der Waals surface area contributed by atoms with Crippen molar-refractivity contribution in [1.29, 1.82) is 0 Å². The minimum absolute atomic E-state index is 0.758. The fraction of sp³-hybridized carbons (Fsp3) is 0.455. The van der Waals surface area contributed by atoms with E-state index < -0.39 is 0 Å². The molecule has 4 heteroatoms. The van der Waals surface area contributed by atoms with E-state index in [9.17, 15) is 0 Å². The second-order valence-electron chi connectivity index (χ2n) is 3.56. The Morgan fingerprint density at radius 3 is 2.73 bits per heavy atom. The number of aryl methyl sites for hydroxylation is 3. The molecule has 0 atom stereocenters. The number of hydrogen-bond acceptors (Lipinski definition) is 2. The molecular weight excluding hydrogens is 210 g/mol. The van der Waals surface area contributed by atoms with E-state index in [1.54, 1.807) is 0 Å². The molecule has 0 saturated heterocycles. The van der Waals surface area contributed by atoms with Crippen molar-refractivity contribution in [2.75, 3.05) is 0 Å². The summed E-state index contributed by atoms with van der Waals surface area (Å²) in [5.74, 6) is 0. The van der Waals surface area contributed by atoms with Crippen LogP contribution in [0.5, 0.6) is 0 Å². The predicted molar refractivity (Wildman–Crippen MR) is 62.3 cm³/mol. The lowest BCUT2D eigenvalue weighted by atomic mass is 10.2. The van der Waals surface area contributed by atoms with Gasteiger partial charge in [0.25, 0.3) is 0 Å². The topological polar surface area (TPSA) is 30.7 Å². The van der Waals surface area contributed by atoms with Crippen LogP contribution in [-0.4, -0.2) is 14.8 Å². The van der Waals surface area contributed by atoms with Gasteiger partial charge in [0.15, 0.2) is 5.65 Å². The van der Waals surface area contributed by atoms with Gasteiger partial charge in [-0.3, -0.25) is 0 Å². The smallest absolute Gasteiger partial charge is 0.159 e. The van der Waals surface area contributed by atoms with Gasteiger partial charge < -0.3 is 0 Å². The summed E-state index contributed by atoms with van der Waals surface area (Å²) in [5.41, 5.74) is 2.87. The fourth-order valence-electron chi connectivity index (χ4n) is 1.78. The van der Waals surface area contributed by atoms with E-state index in [-0.39, 0.29) is 0 Å². The maximum atomic E-state index is 6.22. The van der Waals surface area contributed by atoms with Crippen LogP contribution in [0.3, 0.4) is 0 Å². The first-order valence-electron chi connectivity index (χ1n) is 5.19. The number of hydrogen-bond donors (Lipinski definition) is 0. The van der Waals surface area contributed by atoms with Crippen LogP contribution in [0.4, 0.5) is 0 Å². The quantitative estimate of drug-likeness (QED) is 0.784. The molecule has 2 rings (SSSR count). The molecule has 0 aliphatic heterocycles. The average molecular weight is 224 g/mol. The molecule has 3 nitrogen and oxygen atoms in total. The Morgan fingerprint density at radius 2 is 2.13 bits per heavy atom. The Balaban J connectivity index is 2.85. The number of rotatable bonds is 2. The van der Waals surface area contributed by atoms with Crippen LogP contribution in [-0.2, 0) is 13.0 Å². The van der Waals surface area contributed by atoms with Crippen LogP contribution in [0.1, 0.15) is 25.2 Å². The third kappa shape index (κ3) is 1.61. The van der Waals surface area contributed by atoms with Crippen molar-refractivity contribution in [2.45, 2.75) is 33.7 Å². The molecule has 0 spiro atoms. The van der Waals surface area contributed by atoms with Crippen LogP contribution in [0, 0.1) is 6.92 Å². The lowest BCUT2D eigenvalue weighted by Crippen LogP contribution is -1.98. The number of pyridine rings is 1. The molecule has 80 valence electrons. The van der Waals surface area contributed by atoms with E-state index >= 15 is 0 Å². The lowest BCUT2D eigenvalue weighted by Gasteiger charge is -1.99. The molecule has 0 amide bonds. The predicted octanol–water partition coefficient (Wildman–Crippen LogP) is 2.98. The van der Waals surface area contributed by atoms with Crippen LogP contribution >= 0.6 is 11.6 Å². The molecule has 0 radical (unpaired) electrons.